The Hall–Kier alpha value is -0.700. The van der Waals surface area contributed by atoms with Crippen LogP contribution in [0.25, 0.3) is 0 Å². The highest BCUT2D eigenvalue weighted by Crippen LogP contribution is 2.48. The minimum Gasteiger partial charge on any atom is -0.478 e. The van der Waals surface area contributed by atoms with Crippen molar-refractivity contribution in [2.75, 3.05) is 12.5 Å². The first kappa shape index (κ1) is 7.41. The topological polar surface area (TPSA) is 37.3 Å². The fourth-order valence-electron chi connectivity index (χ4n) is 0.776. The molecular weight excluding hydrogens is 148 g/mol. The lowest BCUT2D eigenvalue weighted by molar-refractivity contribution is -0.132. The van der Waals surface area contributed by atoms with Gasteiger partial charge < -0.3 is 5.11 Å². The fourth-order valence-corrected chi connectivity index (χ4v) is 2.19. The molecule has 0 aromatic heterocycles. The summed E-state index contributed by atoms with van der Waals surface area (Å²) in [6.45, 7) is 0. The third-order valence-corrected chi connectivity index (χ3v) is 2.97. The van der Waals surface area contributed by atoms with Crippen LogP contribution in [0.4, 0.5) is 0 Å². The summed E-state index contributed by atoms with van der Waals surface area (Å²) in [5.74, 6) is -0.825. The van der Waals surface area contributed by atoms with E-state index >= 15 is 0 Å². The number of carbonyl (C=O) groups is 1. The Morgan fingerprint density at radius 3 is 2.40 bits per heavy atom. The largest absolute Gasteiger partial charge is 0.478 e. The highest BCUT2D eigenvalue weighted by Gasteiger charge is 2.15. The molecule has 1 rings (SSSR count). The molecule has 56 valence electrons. The Labute approximate surface area is 61.6 Å². The van der Waals surface area contributed by atoms with Gasteiger partial charge in [0.15, 0.2) is 0 Å². The van der Waals surface area contributed by atoms with Gasteiger partial charge in [0.1, 0.15) is 0 Å². The number of hydrogen-bond donors (Lipinski definition) is 1. The van der Waals surface area contributed by atoms with Crippen LogP contribution < -0.4 is 0 Å². The van der Waals surface area contributed by atoms with Crippen LogP contribution >= 0.6 is 10.0 Å². The van der Waals surface area contributed by atoms with E-state index in [1.54, 1.807) is 6.08 Å². The molecule has 0 spiro atoms. The molecule has 0 fully saturated rings. The molecule has 0 aromatic rings. The molecule has 10 heavy (non-hydrogen) atoms. The van der Waals surface area contributed by atoms with Crippen LogP contribution in [0.3, 0.4) is 0 Å². The molecule has 0 aliphatic carbocycles. The summed E-state index contributed by atoms with van der Waals surface area (Å²) in [7, 11) is -0.864. The van der Waals surface area contributed by atoms with E-state index in [1.165, 1.54) is 0 Å². The lowest BCUT2D eigenvalue weighted by Gasteiger charge is -2.17. The van der Waals surface area contributed by atoms with Gasteiger partial charge in [-0.25, -0.2) is 14.8 Å². The summed E-state index contributed by atoms with van der Waals surface area (Å²) in [6, 6.07) is 0. The number of hydrogen-bond acceptors (Lipinski definition) is 1. The van der Waals surface area contributed by atoms with Crippen molar-refractivity contribution in [3.8, 4) is 0 Å². The van der Waals surface area contributed by atoms with Gasteiger partial charge in [0.25, 0.3) is 0 Å². The number of aliphatic carboxylic acids is 1. The Kier molecular flexibility index (Phi) is 1.60. The van der Waals surface area contributed by atoms with Gasteiger partial charge in [0, 0.05) is 0 Å². The molecular formula is C7H10O2S. The van der Waals surface area contributed by atoms with Crippen LogP contribution in [0.15, 0.2) is 22.5 Å². The molecule has 1 heterocycles. The van der Waals surface area contributed by atoms with E-state index in [1.807, 2.05) is 10.8 Å². The zero-order valence-corrected chi connectivity index (χ0v) is 6.81. The predicted molar refractivity (Wildman–Crippen MR) is 44.3 cm³/mol. The lowest BCUT2D eigenvalue weighted by Crippen LogP contribution is -1.95. The summed E-state index contributed by atoms with van der Waals surface area (Å²) in [4.78, 5) is 10.4. The third-order valence-electron chi connectivity index (χ3n) is 1.28. The van der Waals surface area contributed by atoms with Crippen molar-refractivity contribution in [3.63, 3.8) is 0 Å². The fraction of sp³-hybridized carbons (Fsp3) is 0.286. The highest BCUT2D eigenvalue weighted by atomic mass is 32.3. The van der Waals surface area contributed by atoms with Gasteiger partial charge in [-0.3, -0.25) is 0 Å². The van der Waals surface area contributed by atoms with E-state index in [4.69, 9.17) is 5.11 Å². The van der Waals surface area contributed by atoms with Crippen LogP contribution in [0.2, 0.25) is 0 Å². The van der Waals surface area contributed by atoms with Crippen molar-refractivity contribution in [3.05, 3.63) is 22.5 Å². The second kappa shape index (κ2) is 2.16. The van der Waals surface area contributed by atoms with Gasteiger partial charge in [-0.15, -0.1) is 0 Å². The van der Waals surface area contributed by atoms with E-state index < -0.39 is 16.0 Å². The smallest absolute Gasteiger partial charge is 0.336 e. The first-order valence-corrected chi connectivity index (χ1v) is 5.45. The average Bonchev–Trinajstić information content (AvgIpc) is 2.10. The molecule has 1 N–H and O–H groups in total. The number of carboxylic acid groups (broad SMARTS) is 1. The van der Waals surface area contributed by atoms with Gasteiger partial charge in [0.2, 0.25) is 0 Å². The molecule has 0 amide bonds. The van der Waals surface area contributed by atoms with E-state index in [-0.39, 0.29) is 0 Å². The summed E-state index contributed by atoms with van der Waals surface area (Å²) in [5.41, 5.74) is 0.431. The molecule has 0 saturated heterocycles. The first-order valence-electron chi connectivity index (χ1n) is 2.88. The van der Waals surface area contributed by atoms with Crippen molar-refractivity contribution in [1.82, 2.24) is 0 Å². The summed E-state index contributed by atoms with van der Waals surface area (Å²) < 4.78 is 0. The molecule has 3 heteroatoms. The second-order valence-electron chi connectivity index (χ2n) is 2.67. The minimum atomic E-state index is -0.864. The van der Waals surface area contributed by atoms with Crippen LogP contribution in [0.5, 0.6) is 0 Å². The maximum absolute atomic E-state index is 10.4. The standard InChI is InChI=1S/C7H10O2S/c1-10(2)4-3-6(5-10)7(8)9/h3-5H,1-2H3,(H,8,9). The Morgan fingerprint density at radius 2 is 2.20 bits per heavy atom. The summed E-state index contributed by atoms with van der Waals surface area (Å²) in [6.07, 6.45) is 5.79. The van der Waals surface area contributed by atoms with Gasteiger partial charge >= 0.3 is 5.97 Å². The minimum absolute atomic E-state index is 0.431. The molecule has 1 aliphatic heterocycles. The Bertz CT molecular complexity index is 226. The SMILES string of the molecule is CS1(C)C=CC(C(=O)O)=C1. The van der Waals surface area contributed by atoms with E-state index in [0.29, 0.717) is 5.57 Å². The molecule has 0 radical (unpaired) electrons. The molecule has 0 bridgehead atoms. The molecule has 0 unspecified atom stereocenters. The maximum atomic E-state index is 10.4. The zero-order chi connectivity index (χ0) is 7.78. The van der Waals surface area contributed by atoms with Crippen molar-refractivity contribution < 1.29 is 9.90 Å². The van der Waals surface area contributed by atoms with Gasteiger partial charge in [-0.1, -0.05) is 0 Å². The molecule has 0 aromatic carbocycles. The maximum Gasteiger partial charge on any atom is 0.336 e. The van der Waals surface area contributed by atoms with E-state index in [2.05, 4.69) is 12.5 Å². The quantitative estimate of drug-likeness (QED) is 0.628. The lowest BCUT2D eigenvalue weighted by atomic mass is 10.3. The van der Waals surface area contributed by atoms with Crippen LogP contribution in [-0.2, 0) is 4.79 Å². The van der Waals surface area contributed by atoms with Crippen molar-refractivity contribution in [2.45, 2.75) is 0 Å². The van der Waals surface area contributed by atoms with Crippen LogP contribution in [0, 0.1) is 0 Å². The van der Waals surface area contributed by atoms with Crippen molar-refractivity contribution in [2.24, 2.45) is 0 Å². The predicted octanol–water partition coefficient (Wildman–Crippen LogP) is 1.55. The van der Waals surface area contributed by atoms with Gasteiger partial charge in [-0.05, 0) is 29.4 Å². The summed E-state index contributed by atoms with van der Waals surface area (Å²) in [5, 5.41) is 12.3. The molecule has 0 saturated carbocycles. The van der Waals surface area contributed by atoms with Crippen LogP contribution in [-0.4, -0.2) is 23.6 Å². The Balaban J connectivity index is 2.88. The first-order chi connectivity index (χ1) is 4.51. The summed E-state index contributed by atoms with van der Waals surface area (Å²) >= 11 is 0. The molecule has 0 atom stereocenters. The number of rotatable bonds is 1. The van der Waals surface area contributed by atoms with Crippen LogP contribution in [0.1, 0.15) is 0 Å². The highest BCUT2D eigenvalue weighted by molar-refractivity contribution is 8.37. The average molecular weight is 158 g/mol. The third kappa shape index (κ3) is 1.42. The normalized spacial score (nSPS) is 24.0. The second-order valence-corrected chi connectivity index (χ2v) is 6.15. The van der Waals surface area contributed by atoms with E-state index in [0.717, 1.165) is 0 Å². The van der Waals surface area contributed by atoms with Crippen molar-refractivity contribution in [1.29, 1.82) is 0 Å². The monoisotopic (exact) mass is 158 g/mol. The Morgan fingerprint density at radius 1 is 1.60 bits per heavy atom. The van der Waals surface area contributed by atoms with Gasteiger partial charge in [0.05, 0.1) is 5.57 Å². The molecule has 2 nitrogen and oxygen atoms in total. The van der Waals surface area contributed by atoms with Gasteiger partial charge in [-0.2, -0.15) is 0 Å². The number of carboxylic acids is 1. The van der Waals surface area contributed by atoms with E-state index in [9.17, 15) is 4.79 Å². The van der Waals surface area contributed by atoms with Crippen molar-refractivity contribution >= 4 is 16.0 Å². The zero-order valence-electron chi connectivity index (χ0n) is 6.00. The molecule has 1 aliphatic rings.